The molecule has 4 heterocycles. The molecule has 0 fully saturated rings. The first-order chi connectivity index (χ1) is 16.4. The number of halogens is 1. The van der Waals surface area contributed by atoms with Gasteiger partial charge < -0.3 is 14.9 Å². The van der Waals surface area contributed by atoms with Crippen LogP contribution in [0.5, 0.6) is 0 Å². The lowest BCUT2D eigenvalue weighted by atomic mass is 10.2. The highest BCUT2D eigenvalue weighted by Gasteiger charge is 2.14. The van der Waals surface area contributed by atoms with E-state index in [0.717, 1.165) is 0 Å². The molecule has 1 unspecified atom stereocenters. The fourth-order valence-electron chi connectivity index (χ4n) is 3.32. The van der Waals surface area contributed by atoms with Crippen molar-refractivity contribution in [3.05, 3.63) is 83.2 Å². The highest BCUT2D eigenvalue weighted by Crippen LogP contribution is 2.19. The summed E-state index contributed by atoms with van der Waals surface area (Å²) in [5.41, 5.74) is 7.76. The maximum absolute atomic E-state index is 13.4. The van der Waals surface area contributed by atoms with Gasteiger partial charge in [0.05, 0.1) is 17.7 Å². The lowest BCUT2D eigenvalue weighted by Gasteiger charge is -2.09. The van der Waals surface area contributed by atoms with Gasteiger partial charge in [-0.05, 0) is 48.9 Å². The van der Waals surface area contributed by atoms with E-state index in [0.29, 0.717) is 34.3 Å². The second-order valence-electron chi connectivity index (χ2n) is 7.64. The number of thiazole rings is 1. The minimum atomic E-state index is -0.564. The lowest BCUT2D eigenvalue weighted by Crippen LogP contribution is -2.17. The molecule has 0 saturated carbocycles. The molecule has 4 aromatic heterocycles. The Balaban J connectivity index is 1.38. The van der Waals surface area contributed by atoms with Crippen LogP contribution in [-0.4, -0.2) is 35.9 Å². The van der Waals surface area contributed by atoms with Crippen LogP contribution < -0.4 is 11.1 Å². The molecule has 0 radical (unpaired) electrons. The van der Waals surface area contributed by atoms with Crippen molar-refractivity contribution < 1.29 is 14.0 Å². The predicted octanol–water partition coefficient (Wildman–Crippen LogP) is 3.58. The van der Waals surface area contributed by atoms with Crippen molar-refractivity contribution in [3.8, 4) is 0 Å². The Morgan fingerprint density at radius 3 is 2.88 bits per heavy atom. The van der Waals surface area contributed by atoms with Gasteiger partial charge in [-0.25, -0.2) is 15.0 Å². The standard InChI is InChI=1S/C23H22FN7O2S/c1-15(9-21(25)32)31-12-17(27-14-31)4-5-18-13-34-23(28-18)29-22(33)19-3-2-8-30(19)11-16-6-7-26-20(24)10-16/h2-8,10,12-15H,9,11H2,1H3,(H2,25,32)(H,28,29,33). The molecule has 0 aliphatic carbocycles. The van der Waals surface area contributed by atoms with Crippen molar-refractivity contribution in [2.24, 2.45) is 5.73 Å². The van der Waals surface area contributed by atoms with Crippen molar-refractivity contribution in [1.82, 2.24) is 24.1 Å². The van der Waals surface area contributed by atoms with E-state index in [9.17, 15) is 14.0 Å². The number of carbonyl (C=O) groups excluding carboxylic acids is 2. The number of imidazole rings is 1. The average Bonchev–Trinajstić information content (AvgIpc) is 3.53. The minimum Gasteiger partial charge on any atom is -0.370 e. The first kappa shape index (κ1) is 23.1. The number of anilines is 1. The third-order valence-corrected chi connectivity index (χ3v) is 5.78. The molecule has 0 bridgehead atoms. The summed E-state index contributed by atoms with van der Waals surface area (Å²) in [5, 5.41) is 5.07. The Morgan fingerprint density at radius 2 is 2.09 bits per heavy atom. The van der Waals surface area contributed by atoms with Crippen molar-refractivity contribution in [3.63, 3.8) is 0 Å². The number of amides is 2. The highest BCUT2D eigenvalue weighted by molar-refractivity contribution is 7.14. The van der Waals surface area contributed by atoms with Crippen LogP contribution in [0.1, 0.15) is 46.8 Å². The van der Waals surface area contributed by atoms with E-state index in [1.807, 2.05) is 23.1 Å². The topological polar surface area (TPSA) is 121 Å². The van der Waals surface area contributed by atoms with Crippen molar-refractivity contribution in [1.29, 1.82) is 0 Å². The summed E-state index contributed by atoms with van der Waals surface area (Å²) in [5.74, 6) is -1.24. The van der Waals surface area contributed by atoms with Gasteiger partial charge in [0.2, 0.25) is 11.9 Å². The van der Waals surface area contributed by atoms with E-state index in [1.54, 1.807) is 47.4 Å². The fourth-order valence-corrected chi connectivity index (χ4v) is 4.00. The maximum Gasteiger partial charge on any atom is 0.274 e. The molecule has 0 aliphatic rings. The largest absolute Gasteiger partial charge is 0.370 e. The quantitative estimate of drug-likeness (QED) is 0.356. The number of hydrogen-bond acceptors (Lipinski definition) is 6. The first-order valence-electron chi connectivity index (χ1n) is 10.4. The van der Waals surface area contributed by atoms with Crippen molar-refractivity contribution in [2.45, 2.75) is 25.9 Å². The molecule has 0 spiro atoms. The van der Waals surface area contributed by atoms with E-state index < -0.39 is 5.95 Å². The molecule has 0 aliphatic heterocycles. The van der Waals surface area contributed by atoms with Crippen LogP contribution in [0.2, 0.25) is 0 Å². The minimum absolute atomic E-state index is 0.0789. The molecule has 1 atom stereocenters. The van der Waals surface area contributed by atoms with Crippen LogP contribution in [0, 0.1) is 5.95 Å². The van der Waals surface area contributed by atoms with Gasteiger partial charge >= 0.3 is 0 Å². The molecule has 0 saturated heterocycles. The first-order valence-corrected chi connectivity index (χ1v) is 11.3. The SMILES string of the molecule is CC(CC(N)=O)n1cnc(C=Cc2csc(NC(=O)c3cccn3Cc3ccnc(F)c3)n2)c1. The number of carbonyl (C=O) groups is 2. The Morgan fingerprint density at radius 1 is 1.26 bits per heavy atom. The summed E-state index contributed by atoms with van der Waals surface area (Å²) >= 11 is 1.30. The maximum atomic E-state index is 13.4. The van der Waals surface area contributed by atoms with Crippen molar-refractivity contribution >= 4 is 40.4 Å². The van der Waals surface area contributed by atoms with Crippen LogP contribution in [0.3, 0.4) is 0 Å². The van der Waals surface area contributed by atoms with Crippen LogP contribution in [0.25, 0.3) is 12.2 Å². The summed E-state index contributed by atoms with van der Waals surface area (Å²) < 4.78 is 16.9. The Bertz CT molecular complexity index is 1340. The Kier molecular flexibility index (Phi) is 6.93. The highest BCUT2D eigenvalue weighted by atomic mass is 32.1. The molecule has 11 heteroatoms. The molecule has 4 rings (SSSR count). The zero-order valence-corrected chi connectivity index (χ0v) is 19.1. The van der Waals surface area contributed by atoms with E-state index >= 15 is 0 Å². The number of rotatable bonds is 9. The monoisotopic (exact) mass is 479 g/mol. The van der Waals surface area contributed by atoms with Crippen LogP contribution in [-0.2, 0) is 11.3 Å². The normalized spacial score (nSPS) is 12.2. The molecule has 34 heavy (non-hydrogen) atoms. The van der Waals surface area contributed by atoms with Crippen LogP contribution >= 0.6 is 11.3 Å². The van der Waals surface area contributed by atoms with Gasteiger partial charge in [0.15, 0.2) is 5.13 Å². The molecule has 174 valence electrons. The Hall–Kier alpha value is -4.12. The number of hydrogen-bond donors (Lipinski definition) is 2. The molecule has 0 aromatic carbocycles. The fraction of sp³-hybridized carbons (Fsp3) is 0.174. The number of nitrogens with one attached hydrogen (secondary N) is 1. The second kappa shape index (κ2) is 10.2. The molecule has 3 N–H and O–H groups in total. The smallest absolute Gasteiger partial charge is 0.274 e. The number of pyridine rings is 1. The van der Waals surface area contributed by atoms with E-state index in [-0.39, 0.29) is 24.3 Å². The zero-order chi connectivity index (χ0) is 24.1. The molecule has 9 nitrogen and oxygen atoms in total. The molecular weight excluding hydrogens is 457 g/mol. The summed E-state index contributed by atoms with van der Waals surface area (Å²) in [6, 6.07) is 6.40. The van der Waals surface area contributed by atoms with Crippen molar-refractivity contribution in [2.75, 3.05) is 5.32 Å². The Labute approximate surface area is 198 Å². The average molecular weight is 480 g/mol. The molecular formula is C23H22FN7O2S. The number of nitrogens with zero attached hydrogens (tertiary/aromatic N) is 5. The van der Waals surface area contributed by atoms with Gasteiger partial charge in [0.1, 0.15) is 5.69 Å². The van der Waals surface area contributed by atoms with Gasteiger partial charge in [-0.3, -0.25) is 14.9 Å². The van der Waals surface area contributed by atoms with E-state index in [4.69, 9.17) is 5.73 Å². The summed E-state index contributed by atoms with van der Waals surface area (Å²) in [7, 11) is 0. The third-order valence-electron chi connectivity index (χ3n) is 5.00. The number of primary amides is 1. The van der Waals surface area contributed by atoms with Gasteiger partial charge in [-0.2, -0.15) is 4.39 Å². The van der Waals surface area contributed by atoms with Crippen LogP contribution in [0.15, 0.2) is 54.6 Å². The predicted molar refractivity (Wildman–Crippen MR) is 127 cm³/mol. The zero-order valence-electron chi connectivity index (χ0n) is 18.3. The lowest BCUT2D eigenvalue weighted by molar-refractivity contribution is -0.118. The van der Waals surface area contributed by atoms with E-state index in [2.05, 4.69) is 20.3 Å². The van der Waals surface area contributed by atoms with E-state index in [1.165, 1.54) is 23.6 Å². The number of aromatic nitrogens is 5. The van der Waals surface area contributed by atoms with Crippen LogP contribution in [0.4, 0.5) is 9.52 Å². The molecule has 2 amide bonds. The molecule has 4 aromatic rings. The number of nitrogens with two attached hydrogens (primary N) is 1. The summed E-state index contributed by atoms with van der Waals surface area (Å²) in [6.45, 7) is 2.23. The van der Waals surface area contributed by atoms with Gasteiger partial charge in [0.25, 0.3) is 5.91 Å². The van der Waals surface area contributed by atoms with Gasteiger partial charge in [-0.15, -0.1) is 11.3 Å². The third kappa shape index (κ3) is 5.81. The van der Waals surface area contributed by atoms with Gasteiger partial charge in [0, 0.05) is 43.0 Å². The second-order valence-corrected chi connectivity index (χ2v) is 8.50. The summed E-state index contributed by atoms with van der Waals surface area (Å²) in [4.78, 5) is 36.1. The summed E-state index contributed by atoms with van der Waals surface area (Å²) in [6.07, 6.45) is 10.4. The van der Waals surface area contributed by atoms with Gasteiger partial charge in [-0.1, -0.05) is 0 Å².